The smallest absolute Gasteiger partial charge is 0.308 e. The van der Waals surface area contributed by atoms with Crippen LogP contribution < -0.4 is 4.74 Å². The molecule has 1 aromatic heterocycles. The van der Waals surface area contributed by atoms with E-state index in [1.165, 1.54) is 11.3 Å². The van der Waals surface area contributed by atoms with Crippen molar-refractivity contribution in [3.8, 4) is 16.3 Å². The van der Waals surface area contributed by atoms with E-state index in [0.29, 0.717) is 10.8 Å². The third-order valence-corrected chi connectivity index (χ3v) is 4.02. The van der Waals surface area contributed by atoms with Crippen molar-refractivity contribution in [3.63, 3.8) is 0 Å². The highest BCUT2D eigenvalue weighted by molar-refractivity contribution is 7.15. The molecule has 0 unspecified atom stereocenters. The van der Waals surface area contributed by atoms with E-state index < -0.39 is 5.97 Å². The van der Waals surface area contributed by atoms with Crippen molar-refractivity contribution in [2.45, 2.75) is 13.3 Å². The second-order valence-electron chi connectivity index (χ2n) is 3.94. The average Bonchev–Trinajstić information content (AvgIpc) is 2.69. The van der Waals surface area contributed by atoms with Gasteiger partial charge in [-0.1, -0.05) is 11.6 Å². The van der Waals surface area contributed by atoms with Crippen molar-refractivity contribution in [2.24, 2.45) is 0 Å². The summed E-state index contributed by atoms with van der Waals surface area (Å²) in [6, 6.07) is 5.29. The molecule has 0 spiro atoms. The zero-order valence-electron chi connectivity index (χ0n) is 10.4. The maximum atomic E-state index is 10.8. The molecule has 0 atom stereocenters. The minimum absolute atomic E-state index is 0.0145. The van der Waals surface area contributed by atoms with E-state index in [0.717, 1.165) is 21.1 Å². The number of nitrogens with zero attached hydrogens (tertiary/aromatic N) is 1. The van der Waals surface area contributed by atoms with E-state index in [4.69, 9.17) is 21.4 Å². The van der Waals surface area contributed by atoms with Gasteiger partial charge < -0.3 is 9.84 Å². The number of carboxylic acids is 1. The normalized spacial score (nSPS) is 10.5. The second kappa shape index (κ2) is 5.59. The molecular weight excluding hydrogens is 286 g/mol. The third kappa shape index (κ3) is 3.05. The molecule has 0 aliphatic rings. The summed E-state index contributed by atoms with van der Waals surface area (Å²) in [4.78, 5) is 15.9. The lowest BCUT2D eigenvalue weighted by Gasteiger charge is -2.05. The fourth-order valence-corrected chi connectivity index (χ4v) is 2.93. The summed E-state index contributed by atoms with van der Waals surface area (Å²) in [6.07, 6.45) is -0.0145. The van der Waals surface area contributed by atoms with Crippen molar-refractivity contribution < 1.29 is 14.6 Å². The zero-order valence-corrected chi connectivity index (χ0v) is 12.0. The van der Waals surface area contributed by atoms with Gasteiger partial charge in [-0.05, 0) is 25.1 Å². The topological polar surface area (TPSA) is 59.4 Å². The molecule has 0 aliphatic heterocycles. The molecule has 0 radical (unpaired) electrons. The molecule has 1 N–H and O–H groups in total. The summed E-state index contributed by atoms with van der Waals surface area (Å²) in [5.41, 5.74) is 1.55. The Morgan fingerprint density at radius 2 is 2.26 bits per heavy atom. The molecule has 100 valence electrons. The molecule has 2 rings (SSSR count). The van der Waals surface area contributed by atoms with Crippen LogP contribution in [0.25, 0.3) is 10.6 Å². The lowest BCUT2D eigenvalue weighted by atomic mass is 10.2. The highest BCUT2D eigenvalue weighted by atomic mass is 35.5. The van der Waals surface area contributed by atoms with E-state index in [9.17, 15) is 4.79 Å². The van der Waals surface area contributed by atoms with Crippen LogP contribution in [0.5, 0.6) is 5.75 Å². The van der Waals surface area contributed by atoms with Crippen molar-refractivity contribution in [3.05, 3.63) is 33.8 Å². The highest BCUT2D eigenvalue weighted by Gasteiger charge is 2.15. The lowest BCUT2D eigenvalue weighted by molar-refractivity contribution is -0.136. The minimum Gasteiger partial charge on any atom is -0.496 e. The van der Waals surface area contributed by atoms with E-state index >= 15 is 0 Å². The number of aliphatic carboxylic acids is 1. The monoisotopic (exact) mass is 297 g/mol. The molecule has 2 aromatic rings. The van der Waals surface area contributed by atoms with Gasteiger partial charge in [0.1, 0.15) is 10.8 Å². The molecule has 0 aliphatic carbocycles. The van der Waals surface area contributed by atoms with E-state index in [2.05, 4.69) is 4.98 Å². The molecule has 1 aromatic carbocycles. The number of methoxy groups -OCH3 is 1. The Morgan fingerprint density at radius 3 is 2.89 bits per heavy atom. The van der Waals surface area contributed by atoms with Crippen molar-refractivity contribution in [2.75, 3.05) is 7.11 Å². The zero-order chi connectivity index (χ0) is 14.0. The Balaban J connectivity index is 2.45. The second-order valence-corrected chi connectivity index (χ2v) is 5.46. The quantitative estimate of drug-likeness (QED) is 0.939. The number of ether oxygens (including phenoxy) is 1. The molecule has 0 fully saturated rings. The molecule has 4 nitrogen and oxygen atoms in total. The first-order valence-electron chi connectivity index (χ1n) is 5.53. The maximum absolute atomic E-state index is 10.8. The van der Waals surface area contributed by atoms with Gasteiger partial charge in [-0.25, -0.2) is 4.98 Å². The van der Waals surface area contributed by atoms with Gasteiger partial charge in [0.15, 0.2) is 0 Å². The van der Waals surface area contributed by atoms with Crippen molar-refractivity contribution >= 4 is 28.9 Å². The number of aryl methyl sites for hydroxylation is 1. The Labute approximate surface area is 119 Å². The molecule has 6 heteroatoms. The third-order valence-electron chi connectivity index (χ3n) is 2.60. The Kier molecular flexibility index (Phi) is 4.07. The number of benzene rings is 1. The summed E-state index contributed by atoms with van der Waals surface area (Å²) >= 11 is 7.27. The van der Waals surface area contributed by atoms with Crippen LogP contribution in [0, 0.1) is 6.92 Å². The summed E-state index contributed by atoms with van der Waals surface area (Å²) in [7, 11) is 1.56. The number of hydrogen-bond acceptors (Lipinski definition) is 4. The van der Waals surface area contributed by atoms with Crippen LogP contribution >= 0.6 is 22.9 Å². The first kappa shape index (κ1) is 13.8. The first-order chi connectivity index (χ1) is 9.01. The summed E-state index contributed by atoms with van der Waals surface area (Å²) in [6.45, 7) is 1.81. The summed E-state index contributed by atoms with van der Waals surface area (Å²) in [5.74, 6) is -0.232. The van der Waals surface area contributed by atoms with Gasteiger partial charge in [-0.3, -0.25) is 4.79 Å². The van der Waals surface area contributed by atoms with Crippen LogP contribution in [0.2, 0.25) is 5.02 Å². The standard InChI is InChI=1S/C13H12ClNO3S/c1-7-11(6-12(16)17)19-13(15-7)9-4-3-8(14)5-10(9)18-2/h3-5H,6H2,1-2H3,(H,16,17). The Hall–Kier alpha value is -1.59. The van der Waals surface area contributed by atoms with Gasteiger partial charge >= 0.3 is 5.97 Å². The Bertz CT molecular complexity index is 624. The van der Waals surface area contributed by atoms with Gasteiger partial charge in [0.2, 0.25) is 0 Å². The molecule has 19 heavy (non-hydrogen) atoms. The van der Waals surface area contributed by atoms with Gasteiger partial charge in [0.05, 0.1) is 24.8 Å². The number of thiazole rings is 1. The molecule has 1 heterocycles. The van der Waals surface area contributed by atoms with Crippen LogP contribution in [0.4, 0.5) is 0 Å². The van der Waals surface area contributed by atoms with Crippen LogP contribution in [0.3, 0.4) is 0 Å². The van der Waals surface area contributed by atoms with Crippen LogP contribution in [-0.4, -0.2) is 23.2 Å². The van der Waals surface area contributed by atoms with Crippen LogP contribution in [0.1, 0.15) is 10.6 Å². The molecule has 0 bridgehead atoms. The molecule has 0 saturated carbocycles. The predicted octanol–water partition coefficient (Wildman–Crippen LogP) is 3.41. The van der Waals surface area contributed by atoms with Crippen LogP contribution in [0.15, 0.2) is 18.2 Å². The van der Waals surface area contributed by atoms with Gasteiger partial charge in [-0.15, -0.1) is 11.3 Å². The SMILES string of the molecule is COc1cc(Cl)ccc1-c1nc(C)c(CC(=O)O)s1. The number of aromatic nitrogens is 1. The van der Waals surface area contributed by atoms with Gasteiger partial charge in [0, 0.05) is 9.90 Å². The number of hydrogen-bond donors (Lipinski definition) is 1. The molecule has 0 amide bonds. The number of rotatable bonds is 4. The highest BCUT2D eigenvalue weighted by Crippen LogP contribution is 2.36. The predicted molar refractivity (Wildman–Crippen MR) is 75.2 cm³/mol. The minimum atomic E-state index is -0.860. The molecular formula is C13H12ClNO3S. The fourth-order valence-electron chi connectivity index (χ4n) is 1.69. The summed E-state index contributed by atoms with van der Waals surface area (Å²) < 4.78 is 5.28. The maximum Gasteiger partial charge on any atom is 0.308 e. The largest absolute Gasteiger partial charge is 0.496 e. The van der Waals surface area contributed by atoms with E-state index in [-0.39, 0.29) is 6.42 Å². The number of carboxylic acid groups (broad SMARTS) is 1. The fraction of sp³-hybridized carbons (Fsp3) is 0.231. The van der Waals surface area contributed by atoms with Crippen LogP contribution in [-0.2, 0) is 11.2 Å². The molecule has 0 saturated heterocycles. The number of carbonyl (C=O) groups is 1. The van der Waals surface area contributed by atoms with Crippen molar-refractivity contribution in [1.82, 2.24) is 4.98 Å². The number of halogens is 1. The summed E-state index contributed by atoms with van der Waals surface area (Å²) in [5, 5.41) is 10.2. The van der Waals surface area contributed by atoms with E-state index in [1.54, 1.807) is 26.2 Å². The Morgan fingerprint density at radius 1 is 1.53 bits per heavy atom. The van der Waals surface area contributed by atoms with E-state index in [1.807, 2.05) is 6.07 Å². The van der Waals surface area contributed by atoms with Gasteiger partial charge in [0.25, 0.3) is 0 Å². The lowest BCUT2D eigenvalue weighted by Crippen LogP contribution is -1.99. The van der Waals surface area contributed by atoms with Crippen molar-refractivity contribution in [1.29, 1.82) is 0 Å². The first-order valence-corrected chi connectivity index (χ1v) is 6.72. The average molecular weight is 298 g/mol. The van der Waals surface area contributed by atoms with Gasteiger partial charge in [-0.2, -0.15) is 0 Å².